The van der Waals surface area contributed by atoms with Crippen molar-refractivity contribution in [2.24, 2.45) is 0 Å². The quantitative estimate of drug-likeness (QED) is 0.599. The third-order valence-corrected chi connectivity index (χ3v) is 2.63. The third-order valence-electron chi connectivity index (χ3n) is 2.63. The Labute approximate surface area is 122 Å². The number of nitrogens with one attached hydrogen (secondary N) is 1. The van der Waals surface area contributed by atoms with Crippen molar-refractivity contribution >= 4 is 23.5 Å². The summed E-state index contributed by atoms with van der Waals surface area (Å²) in [6, 6.07) is 6.00. The summed E-state index contributed by atoms with van der Waals surface area (Å²) in [5, 5.41) is 11.1. The molecule has 0 saturated heterocycles. The minimum absolute atomic E-state index is 0.0774. The molecule has 1 rings (SSSR count). The fourth-order valence-electron chi connectivity index (χ4n) is 1.51. The number of rotatable bonds is 5. The molecule has 0 unspecified atom stereocenters. The van der Waals surface area contributed by atoms with Gasteiger partial charge < -0.3 is 20.1 Å². The summed E-state index contributed by atoms with van der Waals surface area (Å²) in [5.74, 6) is -2.01. The fourth-order valence-corrected chi connectivity index (χ4v) is 1.51. The van der Waals surface area contributed by atoms with E-state index in [0.717, 1.165) is 4.90 Å². The van der Waals surface area contributed by atoms with Crippen LogP contribution < -0.4 is 5.32 Å². The lowest BCUT2D eigenvalue weighted by molar-refractivity contribution is -0.142. The summed E-state index contributed by atoms with van der Waals surface area (Å²) in [6.07, 6.45) is 0. The van der Waals surface area contributed by atoms with Crippen molar-refractivity contribution < 1.29 is 24.2 Å². The van der Waals surface area contributed by atoms with Crippen molar-refractivity contribution in [1.29, 1.82) is 0 Å². The van der Waals surface area contributed by atoms with Crippen LogP contribution in [0.5, 0.6) is 0 Å². The molecule has 114 valence electrons. The molecule has 0 aromatic heterocycles. The van der Waals surface area contributed by atoms with Crippen LogP contribution in [0, 0.1) is 0 Å². The first kappa shape index (κ1) is 16.6. The number of esters is 1. The van der Waals surface area contributed by atoms with Gasteiger partial charge in [-0.15, -0.1) is 0 Å². The Kier molecular flexibility index (Phi) is 6.35. The van der Waals surface area contributed by atoms with Crippen molar-refractivity contribution in [3.8, 4) is 0 Å². The second-order valence-electron chi connectivity index (χ2n) is 4.20. The summed E-state index contributed by atoms with van der Waals surface area (Å²) >= 11 is 0. The number of carbonyl (C=O) groups is 3. The lowest BCUT2D eigenvalue weighted by atomic mass is 10.2. The van der Waals surface area contributed by atoms with E-state index in [1.54, 1.807) is 6.92 Å². The summed E-state index contributed by atoms with van der Waals surface area (Å²) in [6.45, 7) is 1.85. The molecule has 0 aliphatic heterocycles. The number of anilines is 1. The normalized spacial score (nSPS) is 9.86. The van der Waals surface area contributed by atoms with E-state index in [-0.39, 0.29) is 19.8 Å². The second kappa shape index (κ2) is 8.01. The number of hydrogen-bond donors (Lipinski definition) is 2. The van der Waals surface area contributed by atoms with E-state index in [9.17, 15) is 14.4 Å². The van der Waals surface area contributed by atoms with E-state index >= 15 is 0 Å². The summed E-state index contributed by atoms with van der Waals surface area (Å²) in [4.78, 5) is 35.9. The first-order chi connectivity index (χ1) is 9.99. The second-order valence-corrected chi connectivity index (χ2v) is 4.20. The standard InChI is InChI=1S/C14H18N2O5/c1-3-21-14(20)10-4-6-11(7-5-10)15-12(18)13(19)16(2)8-9-17/h4-7,17H,3,8-9H2,1-2H3,(H,15,18). The summed E-state index contributed by atoms with van der Waals surface area (Å²) in [7, 11) is 1.42. The van der Waals surface area contributed by atoms with Gasteiger partial charge in [0.25, 0.3) is 0 Å². The zero-order valence-corrected chi connectivity index (χ0v) is 12.0. The van der Waals surface area contributed by atoms with Crippen LogP contribution in [0.15, 0.2) is 24.3 Å². The van der Waals surface area contributed by atoms with E-state index in [1.807, 2.05) is 0 Å². The molecule has 7 heteroatoms. The van der Waals surface area contributed by atoms with Crippen molar-refractivity contribution in [2.45, 2.75) is 6.92 Å². The van der Waals surface area contributed by atoms with Gasteiger partial charge in [-0.05, 0) is 31.2 Å². The Morgan fingerprint density at radius 3 is 2.38 bits per heavy atom. The van der Waals surface area contributed by atoms with Gasteiger partial charge >= 0.3 is 17.8 Å². The number of benzene rings is 1. The highest BCUT2D eigenvalue weighted by Crippen LogP contribution is 2.10. The lowest BCUT2D eigenvalue weighted by Crippen LogP contribution is -2.38. The molecule has 2 N–H and O–H groups in total. The number of aliphatic hydroxyl groups is 1. The maximum atomic E-state index is 11.7. The fraction of sp³-hybridized carbons (Fsp3) is 0.357. The minimum atomic E-state index is -0.810. The third kappa shape index (κ3) is 4.88. The smallest absolute Gasteiger partial charge is 0.338 e. The number of likely N-dealkylation sites (N-methyl/N-ethyl adjacent to an activating group) is 1. The maximum absolute atomic E-state index is 11.7. The summed E-state index contributed by atoms with van der Waals surface area (Å²) in [5.41, 5.74) is 0.748. The van der Waals surface area contributed by atoms with Crippen LogP contribution in [0.4, 0.5) is 5.69 Å². The predicted molar refractivity (Wildman–Crippen MR) is 75.8 cm³/mol. The van der Waals surface area contributed by atoms with E-state index in [0.29, 0.717) is 11.3 Å². The van der Waals surface area contributed by atoms with E-state index in [2.05, 4.69) is 5.32 Å². The first-order valence-corrected chi connectivity index (χ1v) is 6.44. The number of nitrogens with zero attached hydrogens (tertiary/aromatic N) is 1. The highest BCUT2D eigenvalue weighted by molar-refractivity contribution is 6.39. The van der Waals surface area contributed by atoms with Gasteiger partial charge in [0, 0.05) is 19.3 Å². The Balaban J connectivity index is 2.65. The average Bonchev–Trinajstić information content (AvgIpc) is 2.47. The van der Waals surface area contributed by atoms with Gasteiger partial charge in [0.1, 0.15) is 0 Å². The molecule has 0 saturated carbocycles. The van der Waals surface area contributed by atoms with E-state index in [4.69, 9.17) is 9.84 Å². The molecule has 0 radical (unpaired) electrons. The Morgan fingerprint density at radius 1 is 1.24 bits per heavy atom. The first-order valence-electron chi connectivity index (χ1n) is 6.44. The van der Waals surface area contributed by atoms with E-state index in [1.165, 1.54) is 31.3 Å². The van der Waals surface area contributed by atoms with Gasteiger partial charge in [-0.3, -0.25) is 9.59 Å². The highest BCUT2D eigenvalue weighted by atomic mass is 16.5. The molecule has 2 amide bonds. The maximum Gasteiger partial charge on any atom is 0.338 e. The number of amides is 2. The summed E-state index contributed by atoms with van der Waals surface area (Å²) < 4.78 is 4.83. The molecule has 7 nitrogen and oxygen atoms in total. The molecule has 1 aromatic carbocycles. The van der Waals surface area contributed by atoms with Crippen molar-refractivity contribution in [2.75, 3.05) is 32.1 Å². The largest absolute Gasteiger partial charge is 0.462 e. The molecule has 1 aromatic rings. The van der Waals surface area contributed by atoms with Crippen molar-refractivity contribution in [3.05, 3.63) is 29.8 Å². The van der Waals surface area contributed by atoms with Gasteiger partial charge in [0.2, 0.25) is 0 Å². The average molecular weight is 294 g/mol. The van der Waals surface area contributed by atoms with Gasteiger partial charge in [-0.2, -0.15) is 0 Å². The van der Waals surface area contributed by atoms with Crippen molar-refractivity contribution in [3.63, 3.8) is 0 Å². The molecule has 0 heterocycles. The Morgan fingerprint density at radius 2 is 1.86 bits per heavy atom. The zero-order valence-electron chi connectivity index (χ0n) is 12.0. The molecule has 0 spiro atoms. The van der Waals surface area contributed by atoms with E-state index < -0.39 is 17.8 Å². The molecule has 0 bridgehead atoms. The van der Waals surface area contributed by atoms with Crippen LogP contribution in [0.1, 0.15) is 17.3 Å². The van der Waals surface area contributed by atoms with Crippen LogP contribution in [0.2, 0.25) is 0 Å². The molecule has 0 fully saturated rings. The molecule has 21 heavy (non-hydrogen) atoms. The van der Waals surface area contributed by atoms with Crippen LogP contribution in [-0.2, 0) is 14.3 Å². The molecule has 0 aliphatic rings. The molecule has 0 aliphatic carbocycles. The van der Waals surface area contributed by atoms with Gasteiger partial charge in [-0.1, -0.05) is 0 Å². The van der Waals surface area contributed by atoms with Gasteiger partial charge in [0.05, 0.1) is 18.8 Å². The highest BCUT2D eigenvalue weighted by Gasteiger charge is 2.18. The number of ether oxygens (including phenoxy) is 1. The SMILES string of the molecule is CCOC(=O)c1ccc(NC(=O)C(=O)N(C)CCO)cc1. The van der Waals surface area contributed by atoms with Crippen molar-refractivity contribution in [1.82, 2.24) is 4.90 Å². The number of aliphatic hydroxyl groups excluding tert-OH is 1. The van der Waals surface area contributed by atoms with Crippen LogP contribution in [0.3, 0.4) is 0 Å². The number of hydrogen-bond acceptors (Lipinski definition) is 5. The molecular formula is C14H18N2O5. The Hall–Kier alpha value is -2.41. The monoisotopic (exact) mass is 294 g/mol. The van der Waals surface area contributed by atoms with Crippen LogP contribution in [0.25, 0.3) is 0 Å². The predicted octanol–water partition coefficient (Wildman–Crippen LogP) is 0.252. The van der Waals surface area contributed by atoms with Crippen LogP contribution >= 0.6 is 0 Å². The number of carbonyl (C=O) groups excluding carboxylic acids is 3. The Bertz CT molecular complexity index is 513. The minimum Gasteiger partial charge on any atom is -0.462 e. The van der Waals surface area contributed by atoms with Crippen LogP contribution in [-0.4, -0.2) is 54.6 Å². The van der Waals surface area contributed by atoms with Gasteiger partial charge in [0.15, 0.2) is 0 Å². The molecule has 0 atom stereocenters. The lowest BCUT2D eigenvalue weighted by Gasteiger charge is -2.15. The topological polar surface area (TPSA) is 95.9 Å². The zero-order chi connectivity index (χ0) is 15.8. The van der Waals surface area contributed by atoms with Gasteiger partial charge in [-0.25, -0.2) is 4.79 Å². The molecular weight excluding hydrogens is 276 g/mol.